The second-order valence-corrected chi connectivity index (χ2v) is 18.0. The Kier molecular flexibility index (Phi) is 12.2. The lowest BCUT2D eigenvalue weighted by Gasteiger charge is -2.22. The van der Waals surface area contributed by atoms with Crippen molar-refractivity contribution < 1.29 is 76.7 Å². The molecule has 72 heavy (non-hydrogen) atoms. The van der Waals surface area contributed by atoms with Crippen molar-refractivity contribution >= 4 is 92.5 Å². The molecule has 16 bridgehead atoms. The summed E-state index contributed by atoms with van der Waals surface area (Å²) in [6, 6.07) is 0. The van der Waals surface area contributed by atoms with E-state index in [0.717, 1.165) is 97.2 Å². The first-order chi connectivity index (χ1) is 34.2. The van der Waals surface area contributed by atoms with Crippen LogP contribution in [0.5, 0.6) is 0 Å². The van der Waals surface area contributed by atoms with Gasteiger partial charge in [-0.3, -0.25) is 76.7 Å². The summed E-state index contributed by atoms with van der Waals surface area (Å²) in [6.45, 7) is 0. The Balaban J connectivity index is 1.04. The van der Waals surface area contributed by atoms with Gasteiger partial charge in [0.1, 0.15) is 0 Å². The summed E-state index contributed by atoms with van der Waals surface area (Å²) in [4.78, 5) is 215. The van der Waals surface area contributed by atoms with Gasteiger partial charge in [-0.2, -0.15) is 0 Å². The van der Waals surface area contributed by atoms with Gasteiger partial charge in [0.15, 0.2) is 92.5 Å². The molecule has 9 rings (SSSR count). The van der Waals surface area contributed by atoms with E-state index in [0.29, 0.717) is 0 Å². The molecule has 0 aromatic heterocycles. The molecule has 352 valence electrons. The minimum absolute atomic E-state index is 0.260. The minimum Gasteiger partial charge on any atom is -0.290 e. The average Bonchev–Trinajstić information content (AvgIpc) is 3.30. The van der Waals surface area contributed by atoms with E-state index in [4.69, 9.17) is 0 Å². The molecule has 0 aromatic carbocycles. The van der Waals surface area contributed by atoms with Gasteiger partial charge in [-0.05, 0) is 97.2 Å². The summed E-state index contributed by atoms with van der Waals surface area (Å²) in [5, 5.41) is 0. The van der Waals surface area contributed by atoms with Gasteiger partial charge in [-0.25, -0.2) is 0 Å². The zero-order valence-electron chi connectivity index (χ0n) is 37.4. The van der Waals surface area contributed by atoms with Crippen molar-refractivity contribution in [2.75, 3.05) is 0 Å². The maximum absolute atomic E-state index is 13.9. The summed E-state index contributed by atoms with van der Waals surface area (Å²) in [5.74, 6) is -12.3. The number of Topliss-reactive ketones (excluding diaryl/α,β-unsaturated/α-hetero) is 8. The van der Waals surface area contributed by atoms with Crippen LogP contribution in [0.15, 0.2) is 186 Å². The quantitative estimate of drug-likeness (QED) is 0.315. The molecule has 0 atom stereocenters. The molecule has 0 unspecified atom stereocenters. The second kappa shape index (κ2) is 18.5. The fourth-order valence-electron chi connectivity index (χ4n) is 9.52. The molecular formula is C56H32O16. The fourth-order valence-corrected chi connectivity index (χ4v) is 9.52. The summed E-state index contributed by atoms with van der Waals surface area (Å²) in [7, 11) is 0. The molecule has 0 heterocycles. The van der Waals surface area contributed by atoms with Gasteiger partial charge in [-0.15, -0.1) is 0 Å². The van der Waals surface area contributed by atoms with Crippen LogP contribution in [0.3, 0.4) is 0 Å². The molecule has 16 nitrogen and oxygen atoms in total. The molecule has 0 aliphatic heterocycles. The minimum atomic E-state index is -0.811. The number of carbonyl (C=O) groups excluding carboxylic acids is 16. The smallest absolute Gasteiger partial charge is 0.185 e. The molecule has 0 spiro atoms. The van der Waals surface area contributed by atoms with Gasteiger partial charge in [-0.1, -0.05) is 0 Å². The maximum atomic E-state index is 13.9. The lowest BCUT2D eigenvalue weighted by Crippen LogP contribution is -2.24. The third kappa shape index (κ3) is 9.48. The van der Waals surface area contributed by atoms with Crippen LogP contribution in [0.2, 0.25) is 0 Å². The molecular weight excluding hydrogens is 929 g/mol. The third-order valence-electron chi connectivity index (χ3n) is 12.8. The molecule has 1 saturated carbocycles. The highest BCUT2D eigenvalue weighted by atomic mass is 16.2. The van der Waals surface area contributed by atoms with E-state index >= 15 is 0 Å². The number of allylic oxidation sites excluding steroid dienone is 32. The van der Waals surface area contributed by atoms with Crippen LogP contribution < -0.4 is 0 Å². The molecule has 0 radical (unpaired) electrons. The van der Waals surface area contributed by atoms with Crippen LogP contribution in [0.25, 0.3) is 0 Å². The number of hydrogen-bond donors (Lipinski definition) is 0. The Morgan fingerprint density at radius 3 is 0.278 bits per heavy atom. The van der Waals surface area contributed by atoms with Gasteiger partial charge in [0, 0.05) is 141 Å². The maximum Gasteiger partial charge on any atom is 0.185 e. The Bertz CT molecular complexity index is 2650. The number of carbonyl (C=O) groups is 16. The Morgan fingerprint density at radius 2 is 0.208 bits per heavy atom. The molecule has 0 N–H and O–H groups in total. The monoisotopic (exact) mass is 960 g/mol. The van der Waals surface area contributed by atoms with Crippen molar-refractivity contribution in [2.45, 2.75) is 51.4 Å². The van der Waals surface area contributed by atoms with Crippen molar-refractivity contribution in [3.8, 4) is 0 Å². The van der Waals surface area contributed by atoms with Gasteiger partial charge in [0.25, 0.3) is 0 Å². The largest absolute Gasteiger partial charge is 0.290 e. The Labute approximate surface area is 405 Å². The first-order valence-corrected chi connectivity index (χ1v) is 22.2. The molecule has 16 heteroatoms. The van der Waals surface area contributed by atoms with Crippen molar-refractivity contribution in [1.29, 1.82) is 0 Å². The number of hydrogen-bond acceptors (Lipinski definition) is 16. The molecule has 1 fully saturated rings. The predicted molar refractivity (Wildman–Crippen MR) is 246 cm³/mol. The normalized spacial score (nSPS) is 22.7. The second-order valence-electron chi connectivity index (χ2n) is 18.0. The highest BCUT2D eigenvalue weighted by molar-refractivity contribution is 6.30. The van der Waals surface area contributed by atoms with Crippen molar-refractivity contribution in [2.24, 2.45) is 0 Å². The van der Waals surface area contributed by atoms with Gasteiger partial charge in [0.05, 0.1) is 0 Å². The SMILES string of the molecule is O=C1C=C2CC3=CC(=O)C=C(CC4=CC(=O)C=C(CC5=CC(=O)C=C(CC6=CC(=O)C=C(CC7=CC(=O)C=C(CC8=CC(=O)C=C(CC9=CC(=O)C=C(CC(=C1)C2=O)C9=O)C8=O)C7=O)C6=O)C5=O)C4=O)C3=O. The molecule has 9 aliphatic rings. The van der Waals surface area contributed by atoms with E-state index in [-0.39, 0.29) is 89.2 Å². The first kappa shape index (κ1) is 47.6. The highest BCUT2D eigenvalue weighted by Gasteiger charge is 2.36. The van der Waals surface area contributed by atoms with E-state index in [2.05, 4.69) is 0 Å². The number of ketones is 16. The first-order valence-electron chi connectivity index (χ1n) is 22.2. The molecule has 0 amide bonds. The topological polar surface area (TPSA) is 273 Å². The lowest BCUT2D eigenvalue weighted by atomic mass is 9.79. The summed E-state index contributed by atoms with van der Waals surface area (Å²) in [6.07, 6.45) is 10.4. The van der Waals surface area contributed by atoms with Crippen molar-refractivity contribution in [1.82, 2.24) is 0 Å². The Hall–Kier alpha value is -9.44. The van der Waals surface area contributed by atoms with Crippen molar-refractivity contribution in [3.05, 3.63) is 186 Å². The molecule has 0 saturated heterocycles. The lowest BCUT2D eigenvalue weighted by molar-refractivity contribution is -0.117. The number of rotatable bonds is 0. The zero-order valence-corrected chi connectivity index (χ0v) is 37.4. The zero-order chi connectivity index (χ0) is 51.4. The van der Waals surface area contributed by atoms with Gasteiger partial charge in [0.2, 0.25) is 0 Å². The van der Waals surface area contributed by atoms with Crippen LogP contribution in [-0.2, 0) is 76.7 Å². The third-order valence-corrected chi connectivity index (χ3v) is 12.8. The average molecular weight is 961 g/mol. The summed E-state index contributed by atoms with van der Waals surface area (Å²) < 4.78 is 0. The fraction of sp³-hybridized carbons (Fsp3) is 0.143. The van der Waals surface area contributed by atoms with Crippen LogP contribution in [-0.4, -0.2) is 92.5 Å². The summed E-state index contributed by atoms with van der Waals surface area (Å²) in [5.41, 5.74) is -4.16. The standard InChI is InChI=1S/C56H32O16/c57-41-9-25-1-26-10-42(58)12-28(50(26)66)3-30-14-44(60)16-32(52(30)68)5-34-18-46(62)20-36(54(34)70)7-38-22-48(64)24-40(56(38)72)8-39-23-47(63)21-37(55(39)71)6-35-19-45(61)17-33(53(35)69)4-31-15-43(59)13-29(51(31)67)2-27(11-41)49(25)65/h9-24H,1-8H2. The highest BCUT2D eigenvalue weighted by Crippen LogP contribution is 2.36. The Morgan fingerprint density at radius 1 is 0.139 bits per heavy atom. The molecule has 9 aliphatic carbocycles. The van der Waals surface area contributed by atoms with Crippen molar-refractivity contribution in [3.63, 3.8) is 0 Å². The summed E-state index contributed by atoms with van der Waals surface area (Å²) >= 11 is 0. The van der Waals surface area contributed by atoms with Gasteiger partial charge >= 0.3 is 0 Å². The van der Waals surface area contributed by atoms with Crippen LogP contribution in [0, 0.1) is 0 Å². The van der Waals surface area contributed by atoms with E-state index < -0.39 is 144 Å². The van der Waals surface area contributed by atoms with Gasteiger partial charge < -0.3 is 0 Å². The number of fused-ring (bicyclic) bond motifs is 16. The van der Waals surface area contributed by atoms with Crippen LogP contribution in [0.4, 0.5) is 0 Å². The van der Waals surface area contributed by atoms with Crippen LogP contribution >= 0.6 is 0 Å². The van der Waals surface area contributed by atoms with E-state index in [1.165, 1.54) is 0 Å². The van der Waals surface area contributed by atoms with E-state index in [9.17, 15) is 76.7 Å². The van der Waals surface area contributed by atoms with E-state index in [1.54, 1.807) is 0 Å². The predicted octanol–water partition coefficient (Wildman–Crippen LogP) is 3.16. The van der Waals surface area contributed by atoms with E-state index in [1.807, 2.05) is 0 Å². The van der Waals surface area contributed by atoms with Crippen LogP contribution in [0.1, 0.15) is 51.4 Å². The molecule has 0 aromatic rings.